The zero-order chi connectivity index (χ0) is 21.8. The van der Waals surface area contributed by atoms with E-state index < -0.39 is 10.3 Å². The molecule has 0 amide bonds. The summed E-state index contributed by atoms with van der Waals surface area (Å²) in [4.78, 5) is 4.84. The van der Waals surface area contributed by atoms with Gasteiger partial charge in [0.1, 0.15) is 0 Å². The van der Waals surface area contributed by atoms with E-state index in [1.54, 1.807) is 23.5 Å². The molecule has 31 heavy (non-hydrogen) atoms. The van der Waals surface area contributed by atoms with Crippen LogP contribution in [0.4, 0.5) is 5.69 Å². The van der Waals surface area contributed by atoms with Crippen molar-refractivity contribution in [2.24, 2.45) is 0 Å². The van der Waals surface area contributed by atoms with Gasteiger partial charge in [-0.1, -0.05) is 73.7 Å². The minimum Gasteiger partial charge on any atom is -0.269 e. The van der Waals surface area contributed by atoms with Crippen LogP contribution in [0.2, 0.25) is 0 Å². The van der Waals surface area contributed by atoms with Gasteiger partial charge < -0.3 is 0 Å². The van der Waals surface area contributed by atoms with E-state index in [0.29, 0.717) is 5.69 Å². The highest BCUT2D eigenvalue weighted by molar-refractivity contribution is 7.87. The number of aromatic nitrogens is 1. The Balaban J connectivity index is 1.43. The summed E-state index contributed by atoms with van der Waals surface area (Å²) < 4.78 is 32.7. The van der Waals surface area contributed by atoms with Crippen LogP contribution in [0.15, 0.2) is 84.2 Å². The summed E-state index contributed by atoms with van der Waals surface area (Å²) in [6, 6.07) is 25.7. The van der Waals surface area contributed by atoms with Gasteiger partial charge in [-0.05, 0) is 35.2 Å². The molecule has 4 rings (SSSR count). The predicted molar refractivity (Wildman–Crippen MR) is 127 cm³/mol. The highest BCUT2D eigenvalue weighted by Crippen LogP contribution is 2.30. The number of hydrogen-bond donors (Lipinski definition) is 2. The Bertz CT molecular complexity index is 1250. The second-order valence-corrected chi connectivity index (χ2v) is 9.44. The molecule has 158 valence electrons. The summed E-state index contributed by atoms with van der Waals surface area (Å²) in [5.41, 5.74) is 5.83. The summed E-state index contributed by atoms with van der Waals surface area (Å²) in [6.45, 7) is 2.13. The van der Waals surface area contributed by atoms with Gasteiger partial charge in [0.25, 0.3) is 0 Å². The lowest BCUT2D eigenvalue weighted by atomic mass is 10.0. The molecule has 0 radical (unpaired) electrons. The fraction of sp³-hybridized carbons (Fsp3) is 0.125. The van der Waals surface area contributed by atoms with Gasteiger partial charge in [0.05, 0.1) is 16.4 Å². The molecule has 0 spiro atoms. The van der Waals surface area contributed by atoms with E-state index in [2.05, 4.69) is 48.7 Å². The van der Waals surface area contributed by atoms with Gasteiger partial charge in [0.2, 0.25) is 0 Å². The van der Waals surface area contributed by atoms with Crippen LogP contribution < -0.4 is 4.72 Å². The van der Waals surface area contributed by atoms with Gasteiger partial charge in [-0.2, -0.15) is 8.42 Å². The lowest BCUT2D eigenvalue weighted by molar-refractivity contribution is 0.489. The van der Waals surface area contributed by atoms with Gasteiger partial charge >= 0.3 is 10.3 Å². The first-order chi connectivity index (χ1) is 14.9. The molecule has 0 saturated carbocycles. The van der Waals surface area contributed by atoms with Gasteiger partial charge in [0.15, 0.2) is 0 Å². The van der Waals surface area contributed by atoms with Crippen LogP contribution in [-0.4, -0.2) is 18.0 Å². The van der Waals surface area contributed by atoms with E-state index in [9.17, 15) is 8.42 Å². The van der Waals surface area contributed by atoms with E-state index >= 15 is 0 Å². The molecule has 0 unspecified atom stereocenters. The Morgan fingerprint density at radius 2 is 1.52 bits per heavy atom. The molecule has 0 aliphatic carbocycles. The molecular formula is C24H22N2O3S2. The summed E-state index contributed by atoms with van der Waals surface area (Å²) >= 11 is 1.65. The molecule has 0 aliphatic rings. The number of rotatable bonds is 7. The molecule has 3 aromatic carbocycles. The summed E-state index contributed by atoms with van der Waals surface area (Å²) in [6.07, 6.45) is 0.784. The Kier molecular flexibility index (Phi) is 6.18. The zero-order valence-corrected chi connectivity index (χ0v) is 18.5. The fourth-order valence-corrected chi connectivity index (χ4v) is 4.73. The van der Waals surface area contributed by atoms with Crippen LogP contribution in [0.1, 0.15) is 23.4 Å². The van der Waals surface area contributed by atoms with Gasteiger partial charge in [0, 0.05) is 16.9 Å². The molecule has 0 fully saturated rings. The van der Waals surface area contributed by atoms with Crippen LogP contribution in [0.5, 0.6) is 0 Å². The average Bonchev–Trinajstić information content (AvgIpc) is 3.25. The van der Waals surface area contributed by atoms with Crippen LogP contribution in [0.25, 0.3) is 22.4 Å². The van der Waals surface area contributed by atoms with Crippen molar-refractivity contribution in [2.45, 2.75) is 19.3 Å². The molecule has 1 heterocycles. The second-order valence-electron chi connectivity index (χ2n) is 7.39. The average molecular weight is 451 g/mol. The molecule has 7 heteroatoms. The van der Waals surface area contributed by atoms with Crippen molar-refractivity contribution in [3.8, 4) is 22.4 Å². The Hall–Kier alpha value is -3.00. The van der Waals surface area contributed by atoms with Gasteiger partial charge in [-0.25, -0.2) is 4.98 Å². The van der Waals surface area contributed by atoms with Crippen LogP contribution >= 0.6 is 11.3 Å². The van der Waals surface area contributed by atoms with Gasteiger partial charge in [-0.15, -0.1) is 11.3 Å². The molecule has 0 saturated heterocycles. The lowest BCUT2D eigenvalue weighted by Gasteiger charge is -2.09. The van der Waals surface area contributed by atoms with E-state index in [4.69, 9.17) is 9.54 Å². The Morgan fingerprint density at radius 1 is 0.903 bits per heavy atom. The lowest BCUT2D eigenvalue weighted by Crippen LogP contribution is -2.10. The van der Waals surface area contributed by atoms with Crippen LogP contribution in [0.3, 0.4) is 0 Å². The number of thiazole rings is 1. The van der Waals surface area contributed by atoms with Crippen molar-refractivity contribution in [3.63, 3.8) is 0 Å². The van der Waals surface area contributed by atoms with E-state index in [1.807, 2.05) is 35.1 Å². The van der Waals surface area contributed by atoms with E-state index in [0.717, 1.165) is 28.2 Å². The molecule has 4 aromatic rings. The molecule has 1 atom stereocenters. The van der Waals surface area contributed by atoms with Crippen molar-refractivity contribution in [1.82, 2.24) is 4.98 Å². The standard InChI is InChI=1S/C24H22N2O3S2/c1-17(15-18-7-13-22(14-8-18)26-31(27,28)29)24-25-23(16-30-24)21-11-9-20(10-12-21)19-5-3-2-4-6-19/h2-14,16-17,26H,15H2,1H3,(H,27,28,29)/t17-/m0/s1. The van der Waals surface area contributed by atoms with Crippen molar-refractivity contribution < 1.29 is 13.0 Å². The van der Waals surface area contributed by atoms with E-state index in [-0.39, 0.29) is 5.92 Å². The maximum Gasteiger partial charge on any atom is 0.357 e. The summed E-state index contributed by atoms with van der Waals surface area (Å²) in [5.74, 6) is 0.225. The van der Waals surface area contributed by atoms with Crippen molar-refractivity contribution in [3.05, 3.63) is 94.8 Å². The fourth-order valence-electron chi connectivity index (χ4n) is 3.41. The van der Waals surface area contributed by atoms with Crippen molar-refractivity contribution in [2.75, 3.05) is 4.72 Å². The summed E-state index contributed by atoms with van der Waals surface area (Å²) in [7, 11) is -4.26. The molecule has 5 nitrogen and oxygen atoms in total. The molecule has 0 aliphatic heterocycles. The molecule has 2 N–H and O–H groups in total. The maximum atomic E-state index is 10.9. The van der Waals surface area contributed by atoms with Crippen molar-refractivity contribution in [1.29, 1.82) is 0 Å². The summed E-state index contributed by atoms with van der Waals surface area (Å²) in [5, 5.41) is 3.14. The largest absolute Gasteiger partial charge is 0.357 e. The SMILES string of the molecule is C[C@@H](Cc1ccc(NS(=O)(=O)O)cc1)c1nc(-c2ccc(-c3ccccc3)cc2)cs1. The maximum absolute atomic E-state index is 10.9. The van der Waals surface area contributed by atoms with E-state index in [1.165, 1.54) is 11.1 Å². The third-order valence-corrected chi connectivity index (χ3v) is 6.54. The first-order valence-electron chi connectivity index (χ1n) is 9.83. The minimum absolute atomic E-state index is 0.225. The third-order valence-electron chi connectivity index (χ3n) is 4.97. The topological polar surface area (TPSA) is 79.3 Å². The first-order valence-corrected chi connectivity index (χ1v) is 12.1. The predicted octanol–water partition coefficient (Wildman–Crippen LogP) is 6.04. The quantitative estimate of drug-likeness (QED) is 0.337. The highest BCUT2D eigenvalue weighted by Gasteiger charge is 2.13. The normalized spacial score (nSPS) is 12.5. The number of nitrogens with one attached hydrogen (secondary N) is 1. The Morgan fingerprint density at radius 3 is 2.16 bits per heavy atom. The number of benzene rings is 3. The number of anilines is 1. The van der Waals surface area contributed by atoms with Crippen LogP contribution in [-0.2, 0) is 16.7 Å². The number of nitrogens with zero attached hydrogens (tertiary/aromatic N) is 1. The number of hydrogen-bond acceptors (Lipinski definition) is 4. The molecule has 0 bridgehead atoms. The molecule has 1 aromatic heterocycles. The molecular weight excluding hydrogens is 428 g/mol. The van der Waals surface area contributed by atoms with Crippen LogP contribution in [0, 0.1) is 0 Å². The minimum atomic E-state index is -4.26. The highest BCUT2D eigenvalue weighted by atomic mass is 32.2. The first kappa shape index (κ1) is 21.2. The van der Waals surface area contributed by atoms with Crippen molar-refractivity contribution >= 4 is 27.3 Å². The smallest absolute Gasteiger partial charge is 0.269 e. The second kappa shape index (κ2) is 9.01. The zero-order valence-electron chi connectivity index (χ0n) is 16.9. The Labute approximate surface area is 186 Å². The monoisotopic (exact) mass is 450 g/mol. The third kappa shape index (κ3) is 5.58. The van der Waals surface area contributed by atoms with Gasteiger partial charge in [-0.3, -0.25) is 9.27 Å².